The number of carbonyl (C=O) groups excluding carboxylic acids is 2. The number of hydrogen-bond acceptors (Lipinski definition) is 10. The number of esters is 1. The lowest BCUT2D eigenvalue weighted by Crippen LogP contribution is -2.60. The van der Waals surface area contributed by atoms with Gasteiger partial charge in [-0.3, -0.25) is 9.59 Å². The molecule has 7 unspecified atom stereocenters. The summed E-state index contributed by atoms with van der Waals surface area (Å²) in [6, 6.07) is -0.818. The Morgan fingerprint density at radius 3 is 1.56 bits per heavy atom. The van der Waals surface area contributed by atoms with E-state index in [1.165, 1.54) is 116 Å². The van der Waals surface area contributed by atoms with Crippen LogP contribution in [0.3, 0.4) is 0 Å². The van der Waals surface area contributed by atoms with Crippen molar-refractivity contribution in [3.8, 4) is 0 Å². The number of allylic oxidation sites excluding steroid dienone is 9. The van der Waals surface area contributed by atoms with Gasteiger partial charge in [-0.1, -0.05) is 203 Å². The minimum atomic E-state index is -1.58. The highest BCUT2D eigenvalue weighted by molar-refractivity contribution is 5.76. The molecule has 0 aromatic carbocycles. The summed E-state index contributed by atoms with van der Waals surface area (Å²) in [4.78, 5) is 25.0. The summed E-state index contributed by atoms with van der Waals surface area (Å²) < 4.78 is 16.6. The molecular formula is C60H107NO10. The van der Waals surface area contributed by atoms with Gasteiger partial charge in [0, 0.05) is 12.8 Å². The fourth-order valence-corrected chi connectivity index (χ4v) is 8.70. The summed E-state index contributed by atoms with van der Waals surface area (Å²) in [6.45, 7) is 4.20. The number of carbonyl (C=O) groups is 2. The van der Waals surface area contributed by atoms with Gasteiger partial charge in [0.2, 0.25) is 5.91 Å². The lowest BCUT2D eigenvalue weighted by Gasteiger charge is -2.40. The van der Waals surface area contributed by atoms with Crippen molar-refractivity contribution in [1.29, 1.82) is 0 Å². The quantitative estimate of drug-likeness (QED) is 0.0149. The predicted octanol–water partition coefficient (Wildman–Crippen LogP) is 13.1. The molecule has 0 aliphatic carbocycles. The summed E-state index contributed by atoms with van der Waals surface area (Å²) in [6.07, 6.45) is 53.1. The third-order valence-electron chi connectivity index (χ3n) is 13.4. The van der Waals surface area contributed by atoms with Gasteiger partial charge in [-0.2, -0.15) is 0 Å². The summed E-state index contributed by atoms with van der Waals surface area (Å²) in [5, 5.41) is 54.3. The lowest BCUT2D eigenvalue weighted by molar-refractivity contribution is -0.302. The molecule has 0 saturated carbocycles. The highest BCUT2D eigenvalue weighted by Crippen LogP contribution is 2.23. The monoisotopic (exact) mass is 1000 g/mol. The zero-order valence-corrected chi connectivity index (χ0v) is 45.2. The summed E-state index contributed by atoms with van der Waals surface area (Å²) in [7, 11) is 0. The van der Waals surface area contributed by atoms with Crippen LogP contribution in [-0.4, -0.2) is 100 Å². The molecule has 1 heterocycles. The van der Waals surface area contributed by atoms with Crippen LogP contribution in [0.5, 0.6) is 0 Å². The Bertz CT molecular complexity index is 1360. The molecule has 0 bridgehead atoms. The van der Waals surface area contributed by atoms with Crippen LogP contribution in [0.1, 0.15) is 245 Å². The van der Waals surface area contributed by atoms with Gasteiger partial charge >= 0.3 is 5.97 Å². The first-order chi connectivity index (χ1) is 34.7. The van der Waals surface area contributed by atoms with Gasteiger partial charge < -0.3 is 45.1 Å². The Kier molecular flexibility index (Phi) is 46.3. The molecule has 0 aromatic rings. The van der Waals surface area contributed by atoms with Crippen LogP contribution in [0.4, 0.5) is 0 Å². The average molecular weight is 1000 g/mol. The van der Waals surface area contributed by atoms with E-state index in [1.807, 2.05) is 6.08 Å². The second kappa shape index (κ2) is 49.6. The first-order valence-electron chi connectivity index (χ1n) is 29.1. The van der Waals surface area contributed by atoms with Crippen molar-refractivity contribution in [3.05, 3.63) is 60.8 Å². The summed E-state index contributed by atoms with van der Waals surface area (Å²) in [5.41, 5.74) is 0. The molecule has 1 aliphatic rings. The molecule has 1 saturated heterocycles. The second-order valence-corrected chi connectivity index (χ2v) is 20.0. The van der Waals surface area contributed by atoms with Gasteiger partial charge in [0.05, 0.1) is 32.0 Å². The molecule has 0 aromatic heterocycles. The molecule has 412 valence electrons. The minimum absolute atomic E-state index is 0.0445. The van der Waals surface area contributed by atoms with Gasteiger partial charge in [-0.25, -0.2) is 0 Å². The molecule has 7 atom stereocenters. The highest BCUT2D eigenvalue weighted by Gasteiger charge is 2.44. The van der Waals surface area contributed by atoms with Crippen molar-refractivity contribution in [2.75, 3.05) is 19.8 Å². The SMILES string of the molecule is CCC/C=C\C/C=C\CCCCCCCC(=O)OCCCCC/C=C\C=C/CCCCCCCCCCCCC(=O)NC(COC1OC(CO)C(O)C(O)C1O)C(O)/C=C/CCCCCCCCCCC. The summed E-state index contributed by atoms with van der Waals surface area (Å²) in [5.74, 6) is -0.239. The molecule has 1 amide bonds. The third-order valence-corrected chi connectivity index (χ3v) is 13.4. The third kappa shape index (κ3) is 39.5. The number of unbranched alkanes of at least 4 members (excludes halogenated alkanes) is 28. The van der Waals surface area contributed by atoms with Crippen LogP contribution < -0.4 is 5.32 Å². The molecule has 1 rings (SSSR count). The molecule has 6 N–H and O–H groups in total. The van der Waals surface area contributed by atoms with E-state index in [-0.39, 0.29) is 18.5 Å². The van der Waals surface area contributed by atoms with Crippen molar-refractivity contribution in [1.82, 2.24) is 5.32 Å². The zero-order valence-electron chi connectivity index (χ0n) is 45.2. The Morgan fingerprint density at radius 1 is 0.535 bits per heavy atom. The van der Waals surface area contributed by atoms with Crippen LogP contribution in [0.25, 0.3) is 0 Å². The number of nitrogens with one attached hydrogen (secondary N) is 1. The van der Waals surface area contributed by atoms with Crippen LogP contribution >= 0.6 is 0 Å². The van der Waals surface area contributed by atoms with E-state index in [4.69, 9.17) is 14.2 Å². The molecule has 0 spiro atoms. The normalized spacial score (nSPS) is 19.6. The van der Waals surface area contributed by atoms with E-state index in [9.17, 15) is 35.1 Å². The van der Waals surface area contributed by atoms with E-state index >= 15 is 0 Å². The van der Waals surface area contributed by atoms with Gasteiger partial charge in [-0.05, 0) is 89.9 Å². The number of amides is 1. The Morgan fingerprint density at radius 2 is 1.01 bits per heavy atom. The van der Waals surface area contributed by atoms with Crippen LogP contribution in [0.2, 0.25) is 0 Å². The standard InChI is InChI=1S/C60H107NO10/c1-3-5-7-9-11-13-15-23-28-32-36-40-44-48-56(65)69-49-45-41-37-33-29-25-22-20-18-16-17-19-21-24-27-31-35-39-43-47-55(64)61-52(51-70-60-59(68)58(67)57(66)54(50-62)71-60)53(63)46-42-38-34-30-26-14-12-10-8-6-4-2/h7,9,13,15,20,22,25,29,42,46,52-54,57-60,62-63,66-68H,3-6,8,10-12,14,16-19,21,23-24,26-28,30-41,43-45,47-51H2,1-2H3,(H,61,64)/b9-7-,15-13-,22-20-,29-25-,46-42+. The maximum absolute atomic E-state index is 13.0. The van der Waals surface area contributed by atoms with Gasteiger partial charge in [0.15, 0.2) is 6.29 Å². The second-order valence-electron chi connectivity index (χ2n) is 20.0. The van der Waals surface area contributed by atoms with Crippen molar-refractivity contribution >= 4 is 11.9 Å². The molecule has 1 aliphatic heterocycles. The number of rotatable bonds is 49. The van der Waals surface area contributed by atoms with Crippen molar-refractivity contribution < 1.29 is 49.3 Å². The van der Waals surface area contributed by atoms with E-state index in [0.717, 1.165) is 103 Å². The Labute approximate surface area is 433 Å². The summed E-state index contributed by atoms with van der Waals surface area (Å²) >= 11 is 0. The van der Waals surface area contributed by atoms with Gasteiger partial charge in [-0.15, -0.1) is 0 Å². The van der Waals surface area contributed by atoms with Gasteiger partial charge in [0.25, 0.3) is 0 Å². The van der Waals surface area contributed by atoms with Crippen molar-refractivity contribution in [3.63, 3.8) is 0 Å². The predicted molar refractivity (Wildman–Crippen MR) is 292 cm³/mol. The number of aliphatic hydroxyl groups is 5. The first-order valence-corrected chi connectivity index (χ1v) is 29.1. The van der Waals surface area contributed by atoms with E-state index < -0.39 is 49.5 Å². The highest BCUT2D eigenvalue weighted by atomic mass is 16.7. The lowest BCUT2D eigenvalue weighted by atomic mass is 9.99. The number of aliphatic hydroxyl groups excluding tert-OH is 5. The number of hydrogen-bond donors (Lipinski definition) is 6. The Hall–Kier alpha value is -2.64. The van der Waals surface area contributed by atoms with Crippen molar-refractivity contribution in [2.45, 2.75) is 288 Å². The average Bonchev–Trinajstić information content (AvgIpc) is 3.37. The topological polar surface area (TPSA) is 175 Å². The molecule has 11 nitrogen and oxygen atoms in total. The largest absolute Gasteiger partial charge is 0.466 e. The molecule has 1 fully saturated rings. The van der Waals surface area contributed by atoms with Crippen LogP contribution in [0, 0.1) is 0 Å². The van der Waals surface area contributed by atoms with E-state index in [0.29, 0.717) is 19.4 Å². The number of ether oxygens (including phenoxy) is 3. The minimum Gasteiger partial charge on any atom is -0.466 e. The molecular weight excluding hydrogens is 895 g/mol. The molecule has 0 radical (unpaired) electrons. The zero-order chi connectivity index (χ0) is 51.7. The fraction of sp³-hybridized carbons (Fsp3) is 0.800. The maximum atomic E-state index is 13.0. The van der Waals surface area contributed by atoms with E-state index in [1.54, 1.807) is 6.08 Å². The first kappa shape index (κ1) is 66.4. The fourth-order valence-electron chi connectivity index (χ4n) is 8.70. The molecule has 11 heteroatoms. The van der Waals surface area contributed by atoms with E-state index in [2.05, 4.69) is 67.8 Å². The Balaban J connectivity index is 2.10. The van der Waals surface area contributed by atoms with Crippen LogP contribution in [-0.2, 0) is 23.8 Å². The van der Waals surface area contributed by atoms with Crippen LogP contribution in [0.15, 0.2) is 60.8 Å². The smallest absolute Gasteiger partial charge is 0.305 e. The van der Waals surface area contributed by atoms with Crippen molar-refractivity contribution in [2.24, 2.45) is 0 Å². The van der Waals surface area contributed by atoms with Gasteiger partial charge in [0.1, 0.15) is 24.4 Å². The molecule has 71 heavy (non-hydrogen) atoms. The maximum Gasteiger partial charge on any atom is 0.305 e.